The molecule has 1 amide bonds. The largest absolute Gasteiger partial charge is 0.465 e. The van der Waals surface area contributed by atoms with Crippen LogP contribution in [0.25, 0.3) is 0 Å². The second-order valence-corrected chi connectivity index (χ2v) is 3.03. The number of carbonyl (C=O) groups is 2. The lowest BCUT2D eigenvalue weighted by molar-refractivity contribution is 0.0601. The Morgan fingerprint density at radius 1 is 1.53 bits per heavy atom. The smallest absolute Gasteiger partial charge is 0.411 e. The minimum absolute atomic E-state index is 0.173. The Labute approximate surface area is 86.0 Å². The summed E-state index contributed by atoms with van der Waals surface area (Å²) in [5.74, 6) is -0.478. The van der Waals surface area contributed by atoms with Crippen LogP contribution >= 0.6 is 0 Å². The molecule has 1 aliphatic heterocycles. The predicted molar refractivity (Wildman–Crippen MR) is 51.6 cm³/mol. The van der Waals surface area contributed by atoms with Gasteiger partial charge in [0.25, 0.3) is 0 Å². The normalized spacial score (nSPS) is 13.5. The number of benzene rings is 1. The molecule has 0 radical (unpaired) electrons. The molecule has 0 fully saturated rings. The molecular formula is C10H9NO4. The Hall–Kier alpha value is -2.04. The highest BCUT2D eigenvalue weighted by atomic mass is 16.6. The highest BCUT2D eigenvalue weighted by Crippen LogP contribution is 2.26. The van der Waals surface area contributed by atoms with Gasteiger partial charge in [0.2, 0.25) is 0 Å². The molecule has 5 heteroatoms. The monoisotopic (exact) mass is 207 g/mol. The second-order valence-electron chi connectivity index (χ2n) is 3.03. The zero-order valence-electron chi connectivity index (χ0n) is 8.07. The Kier molecular flexibility index (Phi) is 2.29. The van der Waals surface area contributed by atoms with Crippen LogP contribution in [0.1, 0.15) is 15.9 Å². The summed E-state index contributed by atoms with van der Waals surface area (Å²) in [6, 6.07) is 5.09. The zero-order valence-corrected chi connectivity index (χ0v) is 8.07. The predicted octanol–water partition coefficient (Wildman–Crippen LogP) is 1.54. The van der Waals surface area contributed by atoms with Gasteiger partial charge in [-0.05, 0) is 6.07 Å². The van der Waals surface area contributed by atoms with E-state index in [1.807, 2.05) is 0 Å². The van der Waals surface area contributed by atoms with Crippen LogP contribution in [-0.2, 0) is 16.1 Å². The third-order valence-electron chi connectivity index (χ3n) is 2.14. The molecule has 1 aliphatic rings. The molecule has 1 aromatic carbocycles. The number of ether oxygens (including phenoxy) is 2. The van der Waals surface area contributed by atoms with Crippen LogP contribution in [0.2, 0.25) is 0 Å². The number of amides is 1. The van der Waals surface area contributed by atoms with Crippen molar-refractivity contribution >= 4 is 17.7 Å². The van der Waals surface area contributed by atoms with Gasteiger partial charge in [-0.2, -0.15) is 0 Å². The fourth-order valence-corrected chi connectivity index (χ4v) is 1.43. The number of esters is 1. The van der Waals surface area contributed by atoms with Crippen molar-refractivity contribution < 1.29 is 19.1 Å². The number of para-hydroxylation sites is 1. The molecule has 2 rings (SSSR count). The molecule has 0 saturated carbocycles. The van der Waals surface area contributed by atoms with Gasteiger partial charge in [0, 0.05) is 5.56 Å². The molecule has 0 atom stereocenters. The van der Waals surface area contributed by atoms with Gasteiger partial charge in [-0.1, -0.05) is 12.1 Å². The lowest BCUT2D eigenvalue weighted by Gasteiger charge is -2.19. The Balaban J connectivity index is 2.48. The van der Waals surface area contributed by atoms with E-state index < -0.39 is 12.1 Å². The van der Waals surface area contributed by atoms with Crippen molar-refractivity contribution in [2.75, 3.05) is 12.4 Å². The van der Waals surface area contributed by atoms with Gasteiger partial charge in [-0.25, -0.2) is 9.59 Å². The summed E-state index contributed by atoms with van der Waals surface area (Å²) in [7, 11) is 1.29. The van der Waals surface area contributed by atoms with Gasteiger partial charge >= 0.3 is 12.1 Å². The minimum Gasteiger partial charge on any atom is -0.465 e. The first-order valence-electron chi connectivity index (χ1n) is 4.36. The zero-order chi connectivity index (χ0) is 10.8. The number of rotatable bonds is 1. The molecule has 0 spiro atoms. The van der Waals surface area contributed by atoms with Crippen LogP contribution < -0.4 is 5.32 Å². The number of fused-ring (bicyclic) bond motifs is 1. The summed E-state index contributed by atoms with van der Waals surface area (Å²) in [6.07, 6.45) is -0.557. The lowest BCUT2D eigenvalue weighted by atomic mass is 10.1. The van der Waals surface area contributed by atoms with Crippen molar-refractivity contribution in [1.29, 1.82) is 0 Å². The van der Waals surface area contributed by atoms with E-state index in [0.717, 1.165) is 5.56 Å². The van der Waals surface area contributed by atoms with Gasteiger partial charge in [0.1, 0.15) is 6.61 Å². The molecule has 1 heterocycles. The van der Waals surface area contributed by atoms with E-state index in [2.05, 4.69) is 10.1 Å². The number of hydrogen-bond acceptors (Lipinski definition) is 4. The first-order chi connectivity index (χ1) is 7.22. The molecular weight excluding hydrogens is 198 g/mol. The molecule has 15 heavy (non-hydrogen) atoms. The summed E-state index contributed by atoms with van der Waals surface area (Å²) in [6.45, 7) is 0.173. The highest BCUT2D eigenvalue weighted by Gasteiger charge is 2.21. The van der Waals surface area contributed by atoms with Gasteiger partial charge in [-0.3, -0.25) is 5.32 Å². The number of nitrogens with one attached hydrogen (secondary N) is 1. The van der Waals surface area contributed by atoms with Crippen molar-refractivity contribution in [3.8, 4) is 0 Å². The van der Waals surface area contributed by atoms with E-state index in [-0.39, 0.29) is 6.61 Å². The Bertz CT molecular complexity index is 427. The van der Waals surface area contributed by atoms with Crippen LogP contribution in [-0.4, -0.2) is 19.2 Å². The fraction of sp³-hybridized carbons (Fsp3) is 0.200. The first kappa shape index (κ1) is 9.51. The van der Waals surface area contributed by atoms with E-state index in [1.165, 1.54) is 7.11 Å². The Morgan fingerprint density at radius 2 is 2.33 bits per heavy atom. The number of carbonyl (C=O) groups excluding carboxylic acids is 2. The van der Waals surface area contributed by atoms with Crippen LogP contribution in [0.3, 0.4) is 0 Å². The van der Waals surface area contributed by atoms with E-state index >= 15 is 0 Å². The summed E-state index contributed by atoms with van der Waals surface area (Å²) in [5.41, 5.74) is 1.57. The van der Waals surface area contributed by atoms with Crippen molar-refractivity contribution in [2.45, 2.75) is 6.61 Å². The van der Waals surface area contributed by atoms with Gasteiger partial charge < -0.3 is 9.47 Å². The summed E-state index contributed by atoms with van der Waals surface area (Å²) >= 11 is 0. The molecule has 78 valence electrons. The van der Waals surface area contributed by atoms with Crippen LogP contribution in [0.4, 0.5) is 10.5 Å². The maximum absolute atomic E-state index is 11.4. The first-order valence-corrected chi connectivity index (χ1v) is 4.36. The number of methoxy groups -OCH3 is 1. The maximum atomic E-state index is 11.4. The quantitative estimate of drug-likeness (QED) is 0.709. The average Bonchev–Trinajstić information content (AvgIpc) is 2.27. The standard InChI is InChI=1S/C10H9NO4/c1-14-9(12)7-4-2-3-6-5-15-10(13)11-8(6)7/h2-4H,5H2,1H3,(H,11,13). The number of cyclic esters (lactones) is 1. The summed E-state index contributed by atoms with van der Waals surface area (Å²) < 4.78 is 9.38. The maximum Gasteiger partial charge on any atom is 0.411 e. The van der Waals surface area contributed by atoms with E-state index in [9.17, 15) is 9.59 Å². The second kappa shape index (κ2) is 3.61. The topological polar surface area (TPSA) is 64.6 Å². The fourth-order valence-electron chi connectivity index (χ4n) is 1.43. The van der Waals surface area contributed by atoms with Crippen molar-refractivity contribution in [3.05, 3.63) is 29.3 Å². The van der Waals surface area contributed by atoms with Gasteiger partial charge in [-0.15, -0.1) is 0 Å². The van der Waals surface area contributed by atoms with E-state index in [4.69, 9.17) is 4.74 Å². The van der Waals surface area contributed by atoms with Gasteiger partial charge in [0.15, 0.2) is 0 Å². The number of anilines is 1. The summed E-state index contributed by atoms with van der Waals surface area (Å²) in [4.78, 5) is 22.4. The van der Waals surface area contributed by atoms with E-state index in [1.54, 1.807) is 18.2 Å². The molecule has 1 N–H and O–H groups in total. The Morgan fingerprint density at radius 3 is 3.07 bits per heavy atom. The molecule has 0 bridgehead atoms. The van der Waals surface area contributed by atoms with Crippen molar-refractivity contribution in [2.24, 2.45) is 0 Å². The highest BCUT2D eigenvalue weighted by molar-refractivity contribution is 6.01. The van der Waals surface area contributed by atoms with E-state index in [0.29, 0.717) is 11.3 Å². The molecule has 5 nitrogen and oxygen atoms in total. The van der Waals surface area contributed by atoms with Crippen molar-refractivity contribution in [3.63, 3.8) is 0 Å². The van der Waals surface area contributed by atoms with Crippen LogP contribution in [0.15, 0.2) is 18.2 Å². The lowest BCUT2D eigenvalue weighted by Crippen LogP contribution is -2.22. The molecule has 1 aromatic rings. The molecule has 0 saturated heterocycles. The average molecular weight is 207 g/mol. The number of hydrogen-bond donors (Lipinski definition) is 1. The third kappa shape index (κ3) is 1.63. The van der Waals surface area contributed by atoms with Gasteiger partial charge in [0.05, 0.1) is 18.4 Å². The molecule has 0 aromatic heterocycles. The molecule has 0 unspecified atom stereocenters. The van der Waals surface area contributed by atoms with Crippen LogP contribution in [0, 0.1) is 0 Å². The van der Waals surface area contributed by atoms with Crippen LogP contribution in [0.5, 0.6) is 0 Å². The summed E-state index contributed by atoms with van der Waals surface area (Å²) in [5, 5.41) is 2.48. The third-order valence-corrected chi connectivity index (χ3v) is 2.14. The van der Waals surface area contributed by atoms with Crippen molar-refractivity contribution in [1.82, 2.24) is 0 Å². The minimum atomic E-state index is -0.557. The SMILES string of the molecule is COC(=O)c1cccc2c1NC(=O)OC2. The molecule has 0 aliphatic carbocycles.